The highest BCUT2D eigenvalue weighted by molar-refractivity contribution is 6.07. The number of amides is 1. The Morgan fingerprint density at radius 1 is 0.829 bits per heavy atom. The molecule has 0 aliphatic rings. The van der Waals surface area contributed by atoms with Crippen molar-refractivity contribution >= 4 is 18.0 Å². The summed E-state index contributed by atoms with van der Waals surface area (Å²) in [6.45, 7) is 8.69. The summed E-state index contributed by atoms with van der Waals surface area (Å²) in [4.78, 5) is 38.8. The highest BCUT2D eigenvalue weighted by Gasteiger charge is 2.51. The Morgan fingerprint density at radius 2 is 1.40 bits per heavy atom. The summed E-state index contributed by atoms with van der Waals surface area (Å²) in [5.41, 5.74) is -1.16. The normalized spacial score (nSPS) is 11.3. The molecule has 1 N–H and O–H groups in total. The Hall–Kier alpha value is -3.55. The van der Waals surface area contributed by atoms with Crippen molar-refractivity contribution in [3.63, 3.8) is 0 Å². The van der Waals surface area contributed by atoms with E-state index in [9.17, 15) is 14.4 Å². The number of esters is 2. The van der Waals surface area contributed by atoms with E-state index >= 15 is 0 Å². The van der Waals surface area contributed by atoms with E-state index in [1.807, 2.05) is 54.6 Å². The number of para-hydroxylation sites is 1. The minimum Gasteiger partial charge on any atom is -0.489 e. The third kappa shape index (κ3) is 8.31. The van der Waals surface area contributed by atoms with Crippen LogP contribution in [0.3, 0.4) is 0 Å². The number of nitrogens with one attached hydrogen (secondary N) is 1. The van der Waals surface area contributed by atoms with E-state index in [0.29, 0.717) is 12.4 Å². The molecule has 0 fully saturated rings. The molecule has 0 unspecified atom stereocenters. The van der Waals surface area contributed by atoms with Crippen LogP contribution in [0.15, 0.2) is 54.6 Å². The number of benzene rings is 2. The Bertz CT molecular complexity index is 965. The largest absolute Gasteiger partial charge is 0.489 e. The second-order valence-electron chi connectivity index (χ2n) is 8.86. The fourth-order valence-corrected chi connectivity index (χ4v) is 3.35. The predicted octanol–water partition coefficient (Wildman–Crippen LogP) is 4.59. The van der Waals surface area contributed by atoms with Crippen molar-refractivity contribution in [1.29, 1.82) is 0 Å². The van der Waals surface area contributed by atoms with Gasteiger partial charge in [-0.25, -0.2) is 14.4 Å². The maximum absolute atomic E-state index is 13.1. The predicted molar refractivity (Wildman–Crippen MR) is 131 cm³/mol. The molecular formula is C27H35NO7. The zero-order chi connectivity index (χ0) is 25.9. The highest BCUT2D eigenvalue weighted by atomic mass is 16.6. The van der Waals surface area contributed by atoms with Gasteiger partial charge in [-0.3, -0.25) is 5.32 Å². The van der Waals surface area contributed by atoms with Gasteiger partial charge < -0.3 is 18.9 Å². The van der Waals surface area contributed by atoms with Crippen LogP contribution >= 0.6 is 0 Å². The van der Waals surface area contributed by atoms with Gasteiger partial charge in [0.05, 0.1) is 13.2 Å². The number of alkyl carbamates (subject to hydrolysis) is 1. The first-order valence-electron chi connectivity index (χ1n) is 11.7. The molecule has 8 nitrogen and oxygen atoms in total. The molecule has 0 saturated carbocycles. The SMILES string of the molecule is CCOC(=O)C(CCc1ccccc1OCc1ccccc1)(NC(=O)OC(C)(C)C)C(=O)OCC. The van der Waals surface area contributed by atoms with Crippen LogP contribution in [0.2, 0.25) is 0 Å². The lowest BCUT2D eigenvalue weighted by atomic mass is 9.90. The van der Waals surface area contributed by atoms with E-state index < -0.39 is 29.2 Å². The summed E-state index contributed by atoms with van der Waals surface area (Å²) in [7, 11) is 0. The van der Waals surface area contributed by atoms with Gasteiger partial charge >= 0.3 is 18.0 Å². The Labute approximate surface area is 206 Å². The van der Waals surface area contributed by atoms with Gasteiger partial charge in [0, 0.05) is 0 Å². The molecule has 2 rings (SSSR count). The fraction of sp³-hybridized carbons (Fsp3) is 0.444. The van der Waals surface area contributed by atoms with Crippen LogP contribution in [0.25, 0.3) is 0 Å². The lowest BCUT2D eigenvalue weighted by Gasteiger charge is -2.31. The van der Waals surface area contributed by atoms with Gasteiger partial charge in [0.25, 0.3) is 0 Å². The molecule has 2 aromatic rings. The molecule has 0 atom stereocenters. The van der Waals surface area contributed by atoms with Gasteiger partial charge in [-0.05, 0) is 64.7 Å². The number of hydrogen-bond acceptors (Lipinski definition) is 7. The molecule has 35 heavy (non-hydrogen) atoms. The van der Waals surface area contributed by atoms with Crippen molar-refractivity contribution in [3.05, 3.63) is 65.7 Å². The van der Waals surface area contributed by atoms with Crippen LogP contribution < -0.4 is 10.1 Å². The maximum atomic E-state index is 13.1. The average molecular weight is 486 g/mol. The summed E-state index contributed by atoms with van der Waals surface area (Å²) in [6, 6.07) is 17.0. The maximum Gasteiger partial charge on any atom is 0.409 e. The second-order valence-corrected chi connectivity index (χ2v) is 8.86. The van der Waals surface area contributed by atoms with Gasteiger partial charge in [0.1, 0.15) is 18.0 Å². The topological polar surface area (TPSA) is 100 Å². The Balaban J connectivity index is 2.32. The van der Waals surface area contributed by atoms with Gasteiger partial charge in [-0.2, -0.15) is 0 Å². The number of hydrogen-bond donors (Lipinski definition) is 1. The van der Waals surface area contributed by atoms with Crippen LogP contribution in [-0.4, -0.2) is 42.4 Å². The van der Waals surface area contributed by atoms with Crippen molar-refractivity contribution in [1.82, 2.24) is 5.32 Å². The van der Waals surface area contributed by atoms with E-state index in [0.717, 1.165) is 11.1 Å². The first-order valence-corrected chi connectivity index (χ1v) is 11.7. The molecule has 0 bridgehead atoms. The van der Waals surface area contributed by atoms with Gasteiger partial charge in [-0.1, -0.05) is 48.5 Å². The first-order chi connectivity index (χ1) is 16.6. The van der Waals surface area contributed by atoms with E-state index in [-0.39, 0.29) is 26.1 Å². The lowest BCUT2D eigenvalue weighted by molar-refractivity contribution is -0.166. The standard InChI is InChI=1S/C27H35NO7/c1-6-32-23(29)27(24(30)33-7-2,28-25(31)35-26(3,4)5)18-17-21-15-11-12-16-22(21)34-19-20-13-9-8-10-14-20/h8-16H,6-7,17-19H2,1-5H3,(H,28,31). The van der Waals surface area contributed by atoms with Crippen LogP contribution in [0, 0.1) is 0 Å². The number of carbonyl (C=O) groups excluding carboxylic acids is 3. The van der Waals surface area contributed by atoms with Crippen molar-refractivity contribution in [2.24, 2.45) is 0 Å². The molecule has 0 aliphatic carbocycles. The van der Waals surface area contributed by atoms with Crippen molar-refractivity contribution in [2.45, 2.75) is 65.2 Å². The molecule has 0 saturated heterocycles. The number of rotatable bonds is 11. The highest BCUT2D eigenvalue weighted by Crippen LogP contribution is 2.26. The Morgan fingerprint density at radius 3 is 1.97 bits per heavy atom. The van der Waals surface area contributed by atoms with E-state index in [1.54, 1.807) is 34.6 Å². The minimum atomic E-state index is -2.08. The van der Waals surface area contributed by atoms with Crippen LogP contribution in [0.5, 0.6) is 5.75 Å². The minimum absolute atomic E-state index is 0.0206. The first kappa shape index (κ1) is 27.7. The van der Waals surface area contributed by atoms with E-state index in [1.165, 1.54) is 0 Å². The Kier molecular flexibility index (Phi) is 10.1. The van der Waals surface area contributed by atoms with Crippen LogP contribution in [0.4, 0.5) is 4.79 Å². The second kappa shape index (κ2) is 12.8. The fourth-order valence-electron chi connectivity index (χ4n) is 3.35. The van der Waals surface area contributed by atoms with E-state index in [2.05, 4.69) is 5.32 Å². The molecular weight excluding hydrogens is 450 g/mol. The van der Waals surface area contributed by atoms with Gasteiger partial charge in [0.2, 0.25) is 5.54 Å². The van der Waals surface area contributed by atoms with Crippen LogP contribution in [-0.2, 0) is 36.8 Å². The van der Waals surface area contributed by atoms with Gasteiger partial charge in [-0.15, -0.1) is 0 Å². The van der Waals surface area contributed by atoms with Crippen molar-refractivity contribution in [2.75, 3.05) is 13.2 Å². The summed E-state index contributed by atoms with van der Waals surface area (Å²) in [5.74, 6) is -1.21. The molecule has 0 radical (unpaired) electrons. The number of ether oxygens (including phenoxy) is 4. The summed E-state index contributed by atoms with van der Waals surface area (Å²) < 4.78 is 21.7. The smallest absolute Gasteiger partial charge is 0.409 e. The zero-order valence-electron chi connectivity index (χ0n) is 21.1. The van der Waals surface area contributed by atoms with Crippen molar-refractivity contribution < 1.29 is 33.3 Å². The summed E-state index contributed by atoms with van der Waals surface area (Å²) in [6.07, 6.45) is -0.819. The molecule has 0 spiro atoms. The molecule has 0 aliphatic heterocycles. The molecule has 0 aromatic heterocycles. The zero-order valence-corrected chi connectivity index (χ0v) is 21.1. The molecule has 2 aromatic carbocycles. The van der Waals surface area contributed by atoms with E-state index in [4.69, 9.17) is 18.9 Å². The average Bonchev–Trinajstić information content (AvgIpc) is 2.80. The number of carbonyl (C=O) groups is 3. The van der Waals surface area contributed by atoms with Crippen LogP contribution in [0.1, 0.15) is 52.2 Å². The lowest BCUT2D eigenvalue weighted by Crippen LogP contribution is -2.62. The molecule has 190 valence electrons. The molecule has 1 amide bonds. The summed E-state index contributed by atoms with van der Waals surface area (Å²) >= 11 is 0. The summed E-state index contributed by atoms with van der Waals surface area (Å²) in [5, 5.41) is 2.45. The monoisotopic (exact) mass is 485 g/mol. The molecule has 8 heteroatoms. The quantitative estimate of drug-likeness (QED) is 0.282. The third-order valence-corrected chi connectivity index (χ3v) is 4.94. The van der Waals surface area contributed by atoms with Gasteiger partial charge in [0.15, 0.2) is 0 Å². The number of aryl methyl sites for hydroxylation is 1. The van der Waals surface area contributed by atoms with Crippen molar-refractivity contribution in [3.8, 4) is 5.75 Å². The molecule has 0 heterocycles. The third-order valence-electron chi connectivity index (χ3n) is 4.94.